The molecule has 2 saturated carbocycles. The fraction of sp³-hybridized carbons (Fsp3) is 0.636. The van der Waals surface area contributed by atoms with Crippen LogP contribution in [0.25, 0.3) is 0 Å². The predicted octanol–water partition coefficient (Wildman–Crippen LogP) is 1.99. The van der Waals surface area contributed by atoms with Gasteiger partial charge in [0.2, 0.25) is 0 Å². The smallest absolute Gasteiger partial charge is 0.0608 e. The summed E-state index contributed by atoms with van der Waals surface area (Å²) in [5.41, 5.74) is 0. The monoisotopic (exact) mass is 164 g/mol. The molecule has 2 fully saturated rings. The molecule has 0 aromatic carbocycles. The summed E-state index contributed by atoms with van der Waals surface area (Å²) in [7, 11) is 0. The minimum atomic E-state index is -0.0870. The van der Waals surface area contributed by atoms with Crippen molar-refractivity contribution < 1.29 is 5.11 Å². The standard InChI is InChI=1S/C11H16O/c1-3-7-8(4-2)10-6-5-9(7)11(10)12/h3-4,7-12H,1-2,5-6H2/t7-,8+,9-,10+,11?. The van der Waals surface area contributed by atoms with Gasteiger partial charge in [-0.15, -0.1) is 13.2 Å². The van der Waals surface area contributed by atoms with E-state index in [2.05, 4.69) is 13.2 Å². The lowest BCUT2D eigenvalue weighted by Crippen LogP contribution is -2.18. The zero-order valence-corrected chi connectivity index (χ0v) is 7.32. The molecule has 1 unspecified atom stereocenters. The molecule has 0 aromatic heterocycles. The SMILES string of the molecule is C=C[C@@H]1[C@H](C=C)[C@@H]2CC[C@H]1C2O. The Labute approximate surface area is 73.8 Å². The van der Waals surface area contributed by atoms with E-state index in [1.54, 1.807) is 0 Å². The lowest BCUT2D eigenvalue weighted by Gasteiger charge is -2.24. The first-order valence-electron chi connectivity index (χ1n) is 4.72. The van der Waals surface area contributed by atoms with Gasteiger partial charge in [0.05, 0.1) is 6.10 Å². The Bertz CT molecular complexity index is 187. The van der Waals surface area contributed by atoms with Gasteiger partial charge < -0.3 is 5.11 Å². The van der Waals surface area contributed by atoms with E-state index in [1.165, 1.54) is 12.8 Å². The van der Waals surface area contributed by atoms with Crippen LogP contribution in [0.1, 0.15) is 12.8 Å². The van der Waals surface area contributed by atoms with E-state index >= 15 is 0 Å². The number of hydrogen-bond donors (Lipinski definition) is 1. The highest BCUT2D eigenvalue weighted by Gasteiger charge is 2.51. The van der Waals surface area contributed by atoms with Crippen LogP contribution < -0.4 is 0 Å². The number of allylic oxidation sites excluding steroid dienone is 2. The molecule has 5 atom stereocenters. The van der Waals surface area contributed by atoms with Gasteiger partial charge in [-0.3, -0.25) is 0 Å². The van der Waals surface area contributed by atoms with E-state index in [4.69, 9.17) is 0 Å². The molecular weight excluding hydrogens is 148 g/mol. The third-order valence-electron chi connectivity index (χ3n) is 3.69. The average molecular weight is 164 g/mol. The molecular formula is C11H16O. The van der Waals surface area contributed by atoms with Crippen LogP contribution in [-0.4, -0.2) is 11.2 Å². The highest BCUT2D eigenvalue weighted by Crippen LogP contribution is 2.53. The van der Waals surface area contributed by atoms with Crippen LogP contribution in [0.3, 0.4) is 0 Å². The van der Waals surface area contributed by atoms with Gasteiger partial charge in [-0.2, -0.15) is 0 Å². The number of aliphatic hydroxyl groups is 1. The molecule has 0 aromatic rings. The second-order valence-corrected chi connectivity index (χ2v) is 4.02. The number of rotatable bonds is 2. The zero-order valence-electron chi connectivity index (χ0n) is 7.32. The number of aliphatic hydroxyl groups excluding tert-OH is 1. The first-order chi connectivity index (χ1) is 5.79. The van der Waals surface area contributed by atoms with Crippen molar-refractivity contribution in [3.63, 3.8) is 0 Å². The topological polar surface area (TPSA) is 20.2 Å². The molecule has 0 radical (unpaired) electrons. The van der Waals surface area contributed by atoms with Crippen LogP contribution in [-0.2, 0) is 0 Å². The van der Waals surface area contributed by atoms with Gasteiger partial charge in [0.1, 0.15) is 0 Å². The van der Waals surface area contributed by atoms with Crippen molar-refractivity contribution in [2.75, 3.05) is 0 Å². The molecule has 1 N–H and O–H groups in total. The molecule has 2 aliphatic rings. The summed E-state index contributed by atoms with van der Waals surface area (Å²) in [6.45, 7) is 7.67. The summed E-state index contributed by atoms with van der Waals surface area (Å²) < 4.78 is 0. The second-order valence-electron chi connectivity index (χ2n) is 4.02. The Morgan fingerprint density at radius 3 is 1.75 bits per heavy atom. The van der Waals surface area contributed by atoms with Crippen molar-refractivity contribution >= 4 is 0 Å². The fourth-order valence-electron chi connectivity index (χ4n) is 3.12. The Hall–Kier alpha value is -0.560. The minimum absolute atomic E-state index is 0.0870. The molecule has 1 heteroatoms. The highest BCUT2D eigenvalue weighted by molar-refractivity contribution is 5.11. The fourth-order valence-corrected chi connectivity index (χ4v) is 3.12. The van der Waals surface area contributed by atoms with E-state index in [0.29, 0.717) is 23.7 Å². The Morgan fingerprint density at radius 2 is 1.42 bits per heavy atom. The van der Waals surface area contributed by atoms with Crippen molar-refractivity contribution in [1.82, 2.24) is 0 Å². The molecule has 0 amide bonds. The van der Waals surface area contributed by atoms with Gasteiger partial charge >= 0.3 is 0 Å². The van der Waals surface area contributed by atoms with E-state index in [9.17, 15) is 5.11 Å². The van der Waals surface area contributed by atoms with Crippen LogP contribution >= 0.6 is 0 Å². The summed E-state index contributed by atoms with van der Waals surface area (Å²) >= 11 is 0. The van der Waals surface area contributed by atoms with Crippen molar-refractivity contribution in [2.24, 2.45) is 23.7 Å². The van der Waals surface area contributed by atoms with E-state index in [-0.39, 0.29) is 6.10 Å². The number of hydrogen-bond acceptors (Lipinski definition) is 1. The van der Waals surface area contributed by atoms with Crippen molar-refractivity contribution in [2.45, 2.75) is 18.9 Å². The van der Waals surface area contributed by atoms with Gasteiger partial charge in [0.25, 0.3) is 0 Å². The van der Waals surface area contributed by atoms with Crippen LogP contribution in [0, 0.1) is 23.7 Å². The highest BCUT2D eigenvalue weighted by atomic mass is 16.3. The predicted molar refractivity (Wildman–Crippen MR) is 49.6 cm³/mol. The Balaban J connectivity index is 2.26. The third-order valence-corrected chi connectivity index (χ3v) is 3.69. The third kappa shape index (κ3) is 0.831. The van der Waals surface area contributed by atoms with Gasteiger partial charge in [-0.05, 0) is 36.5 Å². The van der Waals surface area contributed by atoms with Gasteiger partial charge in [-0.25, -0.2) is 0 Å². The Kier molecular flexibility index (Phi) is 1.84. The zero-order chi connectivity index (χ0) is 8.72. The van der Waals surface area contributed by atoms with Gasteiger partial charge in [0.15, 0.2) is 0 Å². The molecule has 0 heterocycles. The first-order valence-corrected chi connectivity index (χ1v) is 4.72. The summed E-state index contributed by atoms with van der Waals surface area (Å²) in [5, 5.41) is 9.84. The maximum atomic E-state index is 9.84. The van der Waals surface area contributed by atoms with E-state index < -0.39 is 0 Å². The molecule has 0 saturated heterocycles. The minimum Gasteiger partial charge on any atom is -0.393 e. The summed E-state index contributed by atoms with van der Waals surface area (Å²) in [4.78, 5) is 0. The average Bonchev–Trinajstić information content (AvgIpc) is 2.58. The normalized spacial score (nSPS) is 50.9. The van der Waals surface area contributed by atoms with Gasteiger partial charge in [-0.1, -0.05) is 12.2 Å². The van der Waals surface area contributed by atoms with E-state index in [1.807, 2.05) is 12.2 Å². The first kappa shape index (κ1) is 8.06. The maximum Gasteiger partial charge on any atom is 0.0608 e. The van der Waals surface area contributed by atoms with E-state index in [0.717, 1.165) is 0 Å². The van der Waals surface area contributed by atoms with Crippen molar-refractivity contribution in [3.05, 3.63) is 25.3 Å². The molecule has 2 aliphatic carbocycles. The van der Waals surface area contributed by atoms with Crippen LogP contribution in [0.5, 0.6) is 0 Å². The van der Waals surface area contributed by atoms with Gasteiger partial charge in [0, 0.05) is 0 Å². The van der Waals surface area contributed by atoms with Crippen LogP contribution in [0.4, 0.5) is 0 Å². The summed E-state index contributed by atoms with van der Waals surface area (Å²) in [5.74, 6) is 1.90. The lowest BCUT2D eigenvalue weighted by molar-refractivity contribution is 0.122. The molecule has 12 heavy (non-hydrogen) atoms. The largest absolute Gasteiger partial charge is 0.393 e. The summed E-state index contributed by atoms with van der Waals surface area (Å²) in [6.07, 6.45) is 6.26. The van der Waals surface area contributed by atoms with Crippen molar-refractivity contribution in [3.8, 4) is 0 Å². The summed E-state index contributed by atoms with van der Waals surface area (Å²) in [6, 6.07) is 0. The molecule has 2 rings (SSSR count). The molecule has 1 nitrogen and oxygen atoms in total. The Morgan fingerprint density at radius 1 is 1.00 bits per heavy atom. The van der Waals surface area contributed by atoms with Crippen molar-refractivity contribution in [1.29, 1.82) is 0 Å². The van der Waals surface area contributed by atoms with Crippen LogP contribution in [0.15, 0.2) is 25.3 Å². The molecule has 66 valence electrons. The lowest BCUT2D eigenvalue weighted by atomic mass is 9.79. The molecule has 0 spiro atoms. The number of fused-ring (bicyclic) bond motifs is 2. The molecule has 0 aliphatic heterocycles. The molecule has 2 bridgehead atoms. The maximum absolute atomic E-state index is 9.84. The van der Waals surface area contributed by atoms with Crippen LogP contribution in [0.2, 0.25) is 0 Å². The second kappa shape index (κ2) is 2.74. The quantitative estimate of drug-likeness (QED) is 0.619.